The van der Waals surface area contributed by atoms with Gasteiger partial charge in [-0.25, -0.2) is 9.52 Å². The van der Waals surface area contributed by atoms with Gasteiger partial charge in [0.25, 0.3) is 10.0 Å². The second kappa shape index (κ2) is 8.07. The van der Waals surface area contributed by atoms with Crippen molar-refractivity contribution in [3.8, 4) is 0 Å². The molecule has 0 fully saturated rings. The first-order chi connectivity index (χ1) is 13.1. The number of hydrogen-bond donors (Lipinski definition) is 2. The molecule has 0 unspecified atom stereocenters. The van der Waals surface area contributed by atoms with Gasteiger partial charge in [-0.2, -0.15) is 8.42 Å². The molecule has 0 bridgehead atoms. The Kier molecular flexibility index (Phi) is 6.23. The molecule has 1 heterocycles. The van der Waals surface area contributed by atoms with Crippen molar-refractivity contribution in [2.24, 2.45) is 0 Å². The fraction of sp³-hybridized carbons (Fsp3) is 0.450. The van der Waals surface area contributed by atoms with E-state index in [1.165, 1.54) is 25.0 Å². The minimum absolute atomic E-state index is 0. The fourth-order valence-corrected chi connectivity index (χ4v) is 4.90. The number of nitrogens with one attached hydrogen (secondary N) is 2. The molecule has 9 heteroatoms. The molecule has 4 rings (SSSR count). The van der Waals surface area contributed by atoms with E-state index in [0.717, 1.165) is 67.7 Å². The van der Waals surface area contributed by atoms with Crippen LogP contribution in [0.15, 0.2) is 27.9 Å². The van der Waals surface area contributed by atoms with E-state index >= 15 is 0 Å². The maximum atomic E-state index is 12.5. The van der Waals surface area contributed by atoms with E-state index in [1.807, 2.05) is 4.72 Å². The second-order valence-corrected chi connectivity index (χ2v) is 9.57. The molecule has 0 spiro atoms. The molecular weight excluding hydrogens is 403 g/mol. The van der Waals surface area contributed by atoms with Crippen molar-refractivity contribution < 1.29 is 52.3 Å². The Bertz CT molecular complexity index is 1020. The van der Waals surface area contributed by atoms with Crippen molar-refractivity contribution in [3.63, 3.8) is 0 Å². The van der Waals surface area contributed by atoms with Gasteiger partial charge in [-0.3, -0.25) is 0 Å². The average Bonchev–Trinajstić information content (AvgIpc) is 3.33. The van der Waals surface area contributed by atoms with Crippen molar-refractivity contribution in [2.45, 2.75) is 63.1 Å². The average molecular weight is 426 g/mol. The quantitative estimate of drug-likeness (QED) is 0.633. The van der Waals surface area contributed by atoms with E-state index in [0.29, 0.717) is 0 Å². The van der Waals surface area contributed by atoms with E-state index in [1.54, 1.807) is 0 Å². The Morgan fingerprint density at radius 1 is 1.07 bits per heavy atom. The summed E-state index contributed by atoms with van der Waals surface area (Å²) >= 11 is 0. The van der Waals surface area contributed by atoms with Crippen LogP contribution in [0.5, 0.6) is 0 Å². The van der Waals surface area contributed by atoms with Crippen LogP contribution in [-0.4, -0.2) is 14.4 Å². The first kappa shape index (κ1) is 22.4. The van der Waals surface area contributed by atoms with Crippen LogP contribution >= 0.6 is 0 Å². The number of anilines is 1. The van der Waals surface area contributed by atoms with Gasteiger partial charge in [-0.15, -0.1) is 0 Å². The molecule has 0 saturated carbocycles. The number of carbonyl (C=O) groups is 1. The van der Waals surface area contributed by atoms with Gasteiger partial charge < -0.3 is 14.8 Å². The molecule has 2 aliphatic rings. The first-order valence-corrected chi connectivity index (χ1v) is 10.9. The van der Waals surface area contributed by atoms with Gasteiger partial charge in [-0.1, -0.05) is 25.5 Å². The van der Waals surface area contributed by atoms with E-state index < -0.39 is 26.7 Å². The second-order valence-electron chi connectivity index (χ2n) is 7.96. The van der Waals surface area contributed by atoms with Crippen molar-refractivity contribution in [1.29, 1.82) is 0 Å². The minimum atomic E-state index is -4.21. The van der Waals surface area contributed by atoms with Crippen LogP contribution in [0.25, 0.3) is 0 Å². The monoisotopic (exact) mass is 426 g/mol. The molecule has 2 N–H and O–H groups in total. The van der Waals surface area contributed by atoms with Gasteiger partial charge in [0.05, 0.1) is 6.26 Å². The predicted octanol–water partition coefficient (Wildman–Crippen LogP) is -0.633. The number of furan rings is 1. The Labute approximate surface area is 192 Å². The normalized spacial score (nSPS) is 15.4. The van der Waals surface area contributed by atoms with Crippen LogP contribution in [-0.2, 0) is 41.3 Å². The van der Waals surface area contributed by atoms with Gasteiger partial charge in [0.2, 0.25) is 5.09 Å². The van der Waals surface area contributed by atoms with Gasteiger partial charge in [0, 0.05) is 11.8 Å². The predicted molar refractivity (Wildman–Crippen MR) is 102 cm³/mol. The minimum Gasteiger partial charge on any atom is -0.846 e. The van der Waals surface area contributed by atoms with Crippen LogP contribution in [0, 0.1) is 0 Å². The fourth-order valence-electron chi connectivity index (χ4n) is 4.05. The Hall–Kier alpha value is -1.32. The number of rotatable bonds is 4. The molecule has 7 nitrogen and oxygen atoms in total. The molecule has 29 heavy (non-hydrogen) atoms. The summed E-state index contributed by atoms with van der Waals surface area (Å²) in [5.74, 6) is 0. The zero-order chi connectivity index (χ0) is 20.1. The van der Waals surface area contributed by atoms with Crippen LogP contribution in [0.1, 0.15) is 54.5 Å². The van der Waals surface area contributed by atoms with Crippen molar-refractivity contribution in [2.75, 3.05) is 5.32 Å². The van der Waals surface area contributed by atoms with E-state index in [-0.39, 0.29) is 35.1 Å². The summed E-state index contributed by atoms with van der Waals surface area (Å²) < 4.78 is 32.0. The van der Waals surface area contributed by atoms with Crippen LogP contribution in [0.3, 0.4) is 0 Å². The number of benzene rings is 1. The van der Waals surface area contributed by atoms with E-state index in [2.05, 4.69) is 11.4 Å². The third-order valence-corrected chi connectivity index (χ3v) is 6.67. The number of fused-ring (bicyclic) bond motifs is 2. The van der Waals surface area contributed by atoms with Gasteiger partial charge in [0.15, 0.2) is 0 Å². The van der Waals surface area contributed by atoms with Crippen molar-refractivity contribution in [3.05, 3.63) is 46.2 Å². The molecule has 1 aromatic heterocycles. The summed E-state index contributed by atoms with van der Waals surface area (Å²) in [6.07, 6.45) is 6.90. The Balaban J connectivity index is 0.00000240. The molecule has 0 atom stereocenters. The summed E-state index contributed by atoms with van der Waals surface area (Å²) in [7, 11) is -4.21. The number of carbonyl (C=O) groups excluding carboxylic acids is 1. The standard InChI is InChI=1S/C20H23N2O5S.Na/c1-20(2,24)14-10-17(27-11-14)28(25,26)22-19(23)21-18-15-7-3-5-12(15)9-13-6-4-8-16(13)18;/h9-11H,3-8H2,1-2H3,(H2,21,22,23);/q-1;+1. The van der Waals surface area contributed by atoms with E-state index in [4.69, 9.17) is 4.42 Å². The third kappa shape index (κ3) is 4.41. The molecule has 0 saturated heterocycles. The zero-order valence-electron chi connectivity index (χ0n) is 16.9. The van der Waals surface area contributed by atoms with Crippen LogP contribution in [0.4, 0.5) is 10.5 Å². The van der Waals surface area contributed by atoms with Gasteiger partial charge in [-0.05, 0) is 66.3 Å². The van der Waals surface area contributed by atoms with Crippen molar-refractivity contribution in [1.82, 2.24) is 4.72 Å². The summed E-state index contributed by atoms with van der Waals surface area (Å²) in [6, 6.07) is 2.56. The summed E-state index contributed by atoms with van der Waals surface area (Å²) in [5, 5.41) is 14.3. The number of urea groups is 1. The van der Waals surface area contributed by atoms with E-state index in [9.17, 15) is 18.3 Å². The molecule has 0 radical (unpaired) electrons. The number of sulfonamides is 1. The maximum Gasteiger partial charge on any atom is 1.00 e. The topological polar surface area (TPSA) is 111 Å². The number of amides is 2. The van der Waals surface area contributed by atoms with Crippen LogP contribution in [0.2, 0.25) is 0 Å². The van der Waals surface area contributed by atoms with Gasteiger partial charge >= 0.3 is 35.6 Å². The molecule has 1 aromatic carbocycles. The SMILES string of the molecule is CC(C)([O-])c1coc(S(=O)(=O)NC(=O)Nc2c3c(cc4c2CCC4)CCC3)c1.[Na+]. The zero-order valence-corrected chi connectivity index (χ0v) is 19.7. The molecule has 2 aromatic rings. The molecule has 2 amide bonds. The van der Waals surface area contributed by atoms with Crippen molar-refractivity contribution >= 4 is 21.7 Å². The molecular formula is C20H23N2NaO5S. The number of hydrogen-bond acceptors (Lipinski definition) is 5. The largest absolute Gasteiger partial charge is 1.00 e. The summed E-state index contributed by atoms with van der Waals surface area (Å²) in [5.41, 5.74) is 4.18. The molecule has 2 aliphatic carbocycles. The first-order valence-electron chi connectivity index (χ1n) is 9.45. The Morgan fingerprint density at radius 3 is 2.17 bits per heavy atom. The maximum absolute atomic E-state index is 12.5. The summed E-state index contributed by atoms with van der Waals surface area (Å²) in [6.45, 7) is 2.82. The third-order valence-electron chi connectivity index (χ3n) is 5.47. The molecule has 0 aliphatic heterocycles. The van der Waals surface area contributed by atoms with Crippen LogP contribution < -0.4 is 44.7 Å². The Morgan fingerprint density at radius 2 is 1.66 bits per heavy atom. The number of aryl methyl sites for hydroxylation is 2. The van der Waals surface area contributed by atoms with Gasteiger partial charge in [0.1, 0.15) is 0 Å². The summed E-state index contributed by atoms with van der Waals surface area (Å²) in [4.78, 5) is 12.5. The molecule has 150 valence electrons. The smallest absolute Gasteiger partial charge is 0.846 e.